The summed E-state index contributed by atoms with van der Waals surface area (Å²) in [4.78, 5) is 26.0. The number of benzene rings is 3. The highest BCUT2D eigenvalue weighted by Gasteiger charge is 2.28. The summed E-state index contributed by atoms with van der Waals surface area (Å²) in [6.07, 6.45) is 2.08. The van der Waals surface area contributed by atoms with Crippen LogP contribution in [0.5, 0.6) is 17.2 Å². The molecule has 1 heterocycles. The van der Waals surface area contributed by atoms with Gasteiger partial charge in [-0.25, -0.2) is 5.43 Å². The van der Waals surface area contributed by atoms with E-state index in [1.54, 1.807) is 49.6 Å². The molecular formula is C30H26ClN3O5. The molecule has 1 aromatic heterocycles. The van der Waals surface area contributed by atoms with Crippen molar-refractivity contribution in [2.75, 3.05) is 12.4 Å². The zero-order valence-corrected chi connectivity index (χ0v) is 22.2. The van der Waals surface area contributed by atoms with E-state index in [-0.39, 0.29) is 11.7 Å². The average molecular weight is 544 g/mol. The molecule has 0 fully saturated rings. The first kappa shape index (κ1) is 26.1. The lowest BCUT2D eigenvalue weighted by atomic mass is 9.93. The lowest BCUT2D eigenvalue weighted by Crippen LogP contribution is -2.22. The second kappa shape index (κ2) is 11.4. The van der Waals surface area contributed by atoms with Crippen molar-refractivity contribution in [1.29, 1.82) is 0 Å². The molecule has 0 saturated carbocycles. The van der Waals surface area contributed by atoms with Gasteiger partial charge in [-0.1, -0.05) is 29.8 Å². The number of fused-ring (bicyclic) bond motifs is 1. The molecule has 0 spiro atoms. The molecule has 0 unspecified atom stereocenters. The summed E-state index contributed by atoms with van der Waals surface area (Å²) in [6, 6.07) is 21.0. The number of hydrogen-bond donors (Lipinski definition) is 2. The number of nitrogens with one attached hydrogen (secondary N) is 2. The van der Waals surface area contributed by atoms with Gasteiger partial charge in [0.2, 0.25) is 0 Å². The zero-order valence-electron chi connectivity index (χ0n) is 21.4. The maximum atomic E-state index is 13.4. The number of amides is 2. The molecule has 3 aromatic carbocycles. The lowest BCUT2D eigenvalue weighted by molar-refractivity contribution is 0.0953. The van der Waals surface area contributed by atoms with Gasteiger partial charge in [-0.3, -0.25) is 9.59 Å². The molecule has 1 aliphatic carbocycles. The fourth-order valence-corrected chi connectivity index (χ4v) is 4.58. The third-order valence-corrected chi connectivity index (χ3v) is 6.57. The van der Waals surface area contributed by atoms with Crippen LogP contribution in [-0.2, 0) is 6.42 Å². The number of hydrazone groups is 1. The Bertz CT molecular complexity index is 1550. The number of carbonyl (C=O) groups excluding carboxylic acids is 2. The van der Waals surface area contributed by atoms with E-state index in [2.05, 4.69) is 15.8 Å². The number of rotatable bonds is 7. The number of para-hydroxylation sites is 1. The Kier molecular flexibility index (Phi) is 7.65. The van der Waals surface area contributed by atoms with E-state index in [4.69, 9.17) is 25.5 Å². The number of anilines is 1. The van der Waals surface area contributed by atoms with E-state index in [0.717, 1.165) is 12.0 Å². The summed E-state index contributed by atoms with van der Waals surface area (Å²) in [5.74, 6) is 1.77. The Labute approximate surface area is 230 Å². The quantitative estimate of drug-likeness (QED) is 0.251. The number of aryl methyl sites for hydroxylation is 1. The van der Waals surface area contributed by atoms with Crippen molar-refractivity contribution in [1.82, 2.24) is 5.43 Å². The number of nitrogens with zero attached hydrogens (tertiary/aromatic N) is 1. The minimum absolute atomic E-state index is 0.168. The fourth-order valence-electron chi connectivity index (χ4n) is 4.41. The van der Waals surface area contributed by atoms with Crippen LogP contribution in [0.25, 0.3) is 0 Å². The molecule has 0 atom stereocenters. The molecule has 8 nitrogen and oxygen atoms in total. The normalized spacial score (nSPS) is 13.5. The molecule has 0 bridgehead atoms. The molecule has 2 amide bonds. The molecule has 0 saturated heterocycles. The molecule has 9 heteroatoms. The third-order valence-electron chi connectivity index (χ3n) is 6.34. The van der Waals surface area contributed by atoms with Crippen molar-refractivity contribution >= 4 is 34.8 Å². The topological polar surface area (TPSA) is 102 Å². The Hall–Kier alpha value is -4.56. The minimum Gasteiger partial charge on any atom is -0.497 e. The number of carbonyl (C=O) groups is 2. The largest absolute Gasteiger partial charge is 0.497 e. The van der Waals surface area contributed by atoms with Crippen molar-refractivity contribution in [3.05, 3.63) is 106 Å². The highest BCUT2D eigenvalue weighted by Crippen LogP contribution is 2.34. The smallest absolute Gasteiger partial charge is 0.291 e. The summed E-state index contributed by atoms with van der Waals surface area (Å²) < 4.78 is 17.1. The Morgan fingerprint density at radius 3 is 2.46 bits per heavy atom. The highest BCUT2D eigenvalue weighted by atomic mass is 35.5. The third kappa shape index (κ3) is 5.81. The second-order valence-electron chi connectivity index (χ2n) is 8.95. The van der Waals surface area contributed by atoms with E-state index in [1.807, 2.05) is 37.3 Å². The summed E-state index contributed by atoms with van der Waals surface area (Å²) in [5.41, 5.74) is 5.54. The van der Waals surface area contributed by atoms with Crippen LogP contribution in [0.3, 0.4) is 0 Å². The predicted molar refractivity (Wildman–Crippen MR) is 149 cm³/mol. The number of methoxy groups -OCH3 is 1. The van der Waals surface area contributed by atoms with Gasteiger partial charge >= 0.3 is 0 Å². The maximum absolute atomic E-state index is 13.4. The van der Waals surface area contributed by atoms with Crippen LogP contribution in [0.1, 0.15) is 50.6 Å². The average Bonchev–Trinajstić information content (AvgIpc) is 3.31. The zero-order chi connectivity index (χ0) is 27.4. The van der Waals surface area contributed by atoms with E-state index >= 15 is 0 Å². The van der Waals surface area contributed by atoms with Gasteiger partial charge in [0.1, 0.15) is 17.3 Å². The van der Waals surface area contributed by atoms with E-state index in [9.17, 15) is 9.59 Å². The van der Waals surface area contributed by atoms with Crippen molar-refractivity contribution in [2.24, 2.45) is 5.10 Å². The van der Waals surface area contributed by atoms with Crippen LogP contribution in [-0.4, -0.2) is 24.6 Å². The van der Waals surface area contributed by atoms with Gasteiger partial charge in [-0.2, -0.15) is 5.10 Å². The molecule has 5 rings (SSSR count). The molecule has 39 heavy (non-hydrogen) atoms. The van der Waals surface area contributed by atoms with E-state index < -0.39 is 5.91 Å². The van der Waals surface area contributed by atoms with Gasteiger partial charge in [-0.15, -0.1) is 0 Å². The first-order valence-corrected chi connectivity index (χ1v) is 12.8. The number of halogens is 1. The van der Waals surface area contributed by atoms with Crippen LogP contribution in [0.2, 0.25) is 5.02 Å². The summed E-state index contributed by atoms with van der Waals surface area (Å²) in [6.45, 7) is 1.81. The van der Waals surface area contributed by atoms with Gasteiger partial charge in [0, 0.05) is 28.1 Å². The number of hydrogen-bond acceptors (Lipinski definition) is 6. The van der Waals surface area contributed by atoms with Crippen molar-refractivity contribution in [3.8, 4) is 17.2 Å². The molecule has 0 aliphatic heterocycles. The van der Waals surface area contributed by atoms with Gasteiger partial charge in [0.25, 0.3) is 11.8 Å². The second-order valence-corrected chi connectivity index (χ2v) is 9.38. The summed E-state index contributed by atoms with van der Waals surface area (Å²) >= 11 is 6.22. The Balaban J connectivity index is 1.36. The van der Waals surface area contributed by atoms with Crippen molar-refractivity contribution < 1.29 is 23.5 Å². The summed E-state index contributed by atoms with van der Waals surface area (Å²) in [5, 5.41) is 7.71. The molecule has 198 valence electrons. The van der Waals surface area contributed by atoms with E-state index in [0.29, 0.717) is 63.4 Å². The predicted octanol–water partition coefficient (Wildman–Crippen LogP) is 6.77. The van der Waals surface area contributed by atoms with Crippen LogP contribution in [0.15, 0.2) is 82.3 Å². The number of ether oxygens (including phenoxy) is 2. The first-order valence-electron chi connectivity index (χ1n) is 12.4. The highest BCUT2D eigenvalue weighted by molar-refractivity contribution is 6.31. The van der Waals surface area contributed by atoms with Crippen LogP contribution in [0, 0.1) is 6.92 Å². The van der Waals surface area contributed by atoms with Crippen LogP contribution >= 0.6 is 11.6 Å². The number of furan rings is 1. The van der Waals surface area contributed by atoms with Gasteiger partial charge < -0.3 is 19.2 Å². The molecule has 2 N–H and O–H groups in total. The molecule has 4 aromatic rings. The van der Waals surface area contributed by atoms with Crippen molar-refractivity contribution in [3.63, 3.8) is 0 Å². The maximum Gasteiger partial charge on any atom is 0.291 e. The minimum atomic E-state index is -0.441. The molecule has 0 radical (unpaired) electrons. The summed E-state index contributed by atoms with van der Waals surface area (Å²) in [7, 11) is 1.57. The Morgan fingerprint density at radius 2 is 1.72 bits per heavy atom. The van der Waals surface area contributed by atoms with Gasteiger partial charge in [0.15, 0.2) is 11.5 Å². The molecule has 1 aliphatic rings. The first-order chi connectivity index (χ1) is 18.9. The fraction of sp³-hybridized carbons (Fsp3) is 0.167. The van der Waals surface area contributed by atoms with Crippen molar-refractivity contribution in [2.45, 2.75) is 26.2 Å². The van der Waals surface area contributed by atoms with E-state index in [1.165, 1.54) is 0 Å². The van der Waals surface area contributed by atoms with Gasteiger partial charge in [-0.05, 0) is 74.4 Å². The van der Waals surface area contributed by atoms with Crippen LogP contribution < -0.4 is 20.2 Å². The Morgan fingerprint density at radius 1 is 0.949 bits per heavy atom. The SMILES string of the molecule is COc1ccc(C(=O)N/N=C2\CCCc3oc(C(=O)Nc4cc(Cl)ccc4Oc4ccccc4)c(C)c32)cc1. The lowest BCUT2D eigenvalue weighted by Gasteiger charge is -2.13. The monoisotopic (exact) mass is 543 g/mol. The standard InChI is InChI=1S/C30H26ClN3O5/c1-18-27-23(33-34-29(35)19-11-14-21(37-2)15-12-19)9-6-10-26(27)39-28(18)30(36)32-24-17-20(31)13-16-25(24)38-22-7-4-3-5-8-22/h3-5,7-8,11-17H,6,9-10H2,1-2H3,(H,32,36)(H,34,35)/b33-23+. The molecular weight excluding hydrogens is 518 g/mol. The van der Waals surface area contributed by atoms with Crippen LogP contribution in [0.4, 0.5) is 5.69 Å². The van der Waals surface area contributed by atoms with Gasteiger partial charge in [0.05, 0.1) is 18.5 Å².